The van der Waals surface area contributed by atoms with Crippen LogP contribution in [0.25, 0.3) is 11.0 Å². The zero-order valence-corrected chi connectivity index (χ0v) is 12.5. The number of nitrogens with two attached hydrogens (primary N) is 1. The van der Waals surface area contributed by atoms with Gasteiger partial charge < -0.3 is 0 Å². The summed E-state index contributed by atoms with van der Waals surface area (Å²) < 4.78 is 3.37. The van der Waals surface area contributed by atoms with Crippen molar-refractivity contribution in [2.24, 2.45) is 0 Å². The van der Waals surface area contributed by atoms with Gasteiger partial charge >= 0.3 is 0 Å². The first-order valence-corrected chi connectivity index (χ1v) is 7.01. The Kier molecular flexibility index (Phi) is 3.53. The van der Waals surface area contributed by atoms with Crippen molar-refractivity contribution in [1.82, 2.24) is 4.68 Å². The quantitative estimate of drug-likeness (QED) is 0.261. The maximum absolute atomic E-state index is 12.5. The number of ketones is 1. The molecule has 116 valence electrons. The number of Topliss-reactive ketones (excluding diaryl/α,β-unsaturated/α-hetero) is 1. The standard InChI is InChI=1S/C16H15N4O3/c1-11-18(14-4-2-3-5-15(14)19(11)17)10-16(21)12-6-8-13(9-7-12)20(22)23/h2-9H,10,17H2,1H3/q+1. The van der Waals surface area contributed by atoms with Crippen molar-refractivity contribution in [1.29, 1.82) is 0 Å². The van der Waals surface area contributed by atoms with Gasteiger partial charge in [-0.25, -0.2) is 4.57 Å². The van der Waals surface area contributed by atoms with Crippen molar-refractivity contribution in [3.8, 4) is 0 Å². The second-order valence-electron chi connectivity index (χ2n) is 5.22. The number of hydrogen-bond acceptors (Lipinski definition) is 4. The van der Waals surface area contributed by atoms with E-state index in [0.717, 1.165) is 16.9 Å². The van der Waals surface area contributed by atoms with E-state index in [1.165, 1.54) is 24.3 Å². The van der Waals surface area contributed by atoms with Gasteiger partial charge in [0.25, 0.3) is 11.5 Å². The zero-order valence-electron chi connectivity index (χ0n) is 12.5. The number of hydrogen-bond donors (Lipinski definition) is 1. The van der Waals surface area contributed by atoms with Crippen molar-refractivity contribution < 1.29 is 14.3 Å². The summed E-state index contributed by atoms with van der Waals surface area (Å²) >= 11 is 0. The number of nitro groups is 1. The first kappa shape index (κ1) is 14.7. The number of non-ortho nitro benzene ring substituents is 1. The predicted octanol–water partition coefficient (Wildman–Crippen LogP) is 1.74. The summed E-state index contributed by atoms with van der Waals surface area (Å²) in [5.41, 5.74) is 2.09. The molecule has 2 aromatic carbocycles. The fourth-order valence-corrected chi connectivity index (χ4v) is 2.58. The van der Waals surface area contributed by atoms with Crippen LogP contribution in [-0.2, 0) is 6.54 Å². The average molecular weight is 311 g/mol. The fourth-order valence-electron chi connectivity index (χ4n) is 2.58. The molecule has 7 nitrogen and oxygen atoms in total. The number of benzene rings is 2. The topological polar surface area (TPSA) is 95.0 Å². The molecule has 0 saturated carbocycles. The molecule has 0 atom stereocenters. The molecule has 2 N–H and O–H groups in total. The monoisotopic (exact) mass is 311 g/mol. The molecule has 0 radical (unpaired) electrons. The van der Waals surface area contributed by atoms with E-state index in [-0.39, 0.29) is 18.0 Å². The molecule has 0 saturated heterocycles. The lowest BCUT2D eigenvalue weighted by atomic mass is 10.1. The van der Waals surface area contributed by atoms with Crippen LogP contribution in [0.1, 0.15) is 16.2 Å². The number of nitrogens with zero attached hydrogens (tertiary/aromatic N) is 3. The summed E-state index contributed by atoms with van der Waals surface area (Å²) in [5.74, 6) is 6.63. The molecule has 0 aliphatic carbocycles. The minimum atomic E-state index is -0.491. The Morgan fingerprint density at radius 1 is 1.22 bits per heavy atom. The van der Waals surface area contributed by atoms with Crippen molar-refractivity contribution in [3.05, 3.63) is 70.0 Å². The summed E-state index contributed by atoms with van der Waals surface area (Å²) in [7, 11) is 0. The largest absolute Gasteiger partial charge is 0.290 e. The predicted molar refractivity (Wildman–Crippen MR) is 84.4 cm³/mol. The lowest BCUT2D eigenvalue weighted by Gasteiger charge is -2.01. The summed E-state index contributed by atoms with van der Waals surface area (Å²) in [6, 6.07) is 13.1. The molecular weight excluding hydrogens is 296 g/mol. The van der Waals surface area contributed by atoms with Gasteiger partial charge in [-0.05, 0) is 24.3 Å². The highest BCUT2D eigenvalue weighted by molar-refractivity contribution is 5.95. The van der Waals surface area contributed by atoms with Gasteiger partial charge in [0.1, 0.15) is 0 Å². The van der Waals surface area contributed by atoms with Gasteiger partial charge in [-0.2, -0.15) is 0 Å². The molecule has 0 bridgehead atoms. The highest BCUT2D eigenvalue weighted by Gasteiger charge is 2.22. The zero-order chi connectivity index (χ0) is 16.6. The number of fused-ring (bicyclic) bond motifs is 1. The molecule has 23 heavy (non-hydrogen) atoms. The van der Waals surface area contributed by atoms with Gasteiger partial charge in [0.05, 0.1) is 4.92 Å². The van der Waals surface area contributed by atoms with Crippen LogP contribution in [0, 0.1) is 17.0 Å². The van der Waals surface area contributed by atoms with Gasteiger partial charge in [0.15, 0.2) is 17.6 Å². The van der Waals surface area contributed by atoms with Crippen LogP contribution in [0.2, 0.25) is 0 Å². The Bertz CT molecular complexity index is 913. The third-order valence-electron chi connectivity index (χ3n) is 3.87. The summed E-state index contributed by atoms with van der Waals surface area (Å²) in [6.07, 6.45) is 0. The number of aromatic nitrogens is 2. The van der Waals surface area contributed by atoms with E-state index >= 15 is 0 Å². The number of nitrogen functional groups attached to an aromatic ring is 1. The second kappa shape index (κ2) is 5.53. The van der Waals surface area contributed by atoms with Crippen molar-refractivity contribution in [3.63, 3.8) is 0 Å². The van der Waals surface area contributed by atoms with E-state index in [2.05, 4.69) is 0 Å². The molecule has 7 heteroatoms. The lowest BCUT2D eigenvalue weighted by molar-refractivity contribution is -0.664. The van der Waals surface area contributed by atoms with E-state index in [4.69, 9.17) is 5.84 Å². The highest BCUT2D eigenvalue weighted by atomic mass is 16.6. The minimum absolute atomic E-state index is 0.0380. The molecular formula is C16H15N4O3+. The SMILES string of the molecule is Cc1n(N)c2ccccc2[n+]1CC(=O)c1ccc([N+](=O)[O-])cc1. The second-order valence-corrected chi connectivity index (χ2v) is 5.22. The van der Waals surface area contributed by atoms with Gasteiger partial charge in [-0.15, -0.1) is 4.68 Å². The van der Waals surface area contributed by atoms with E-state index in [9.17, 15) is 14.9 Å². The molecule has 0 spiro atoms. The highest BCUT2D eigenvalue weighted by Crippen LogP contribution is 2.14. The van der Waals surface area contributed by atoms with Crippen LogP contribution < -0.4 is 10.4 Å². The number of para-hydroxylation sites is 2. The Morgan fingerprint density at radius 3 is 2.52 bits per heavy atom. The number of rotatable bonds is 4. The Balaban J connectivity index is 1.94. The molecule has 0 unspecified atom stereocenters. The lowest BCUT2D eigenvalue weighted by Crippen LogP contribution is -2.41. The van der Waals surface area contributed by atoms with Crippen LogP contribution in [0.3, 0.4) is 0 Å². The van der Waals surface area contributed by atoms with Gasteiger partial charge in [0.2, 0.25) is 5.78 Å². The molecule has 1 heterocycles. The van der Waals surface area contributed by atoms with Gasteiger partial charge in [-0.1, -0.05) is 12.1 Å². The first-order valence-electron chi connectivity index (χ1n) is 7.01. The van der Waals surface area contributed by atoms with Crippen LogP contribution >= 0.6 is 0 Å². The van der Waals surface area contributed by atoms with E-state index in [1.54, 1.807) is 4.68 Å². The maximum atomic E-state index is 12.5. The van der Waals surface area contributed by atoms with Crippen LogP contribution in [0.4, 0.5) is 5.69 Å². The van der Waals surface area contributed by atoms with Crippen molar-refractivity contribution in [2.45, 2.75) is 13.5 Å². The third-order valence-corrected chi connectivity index (χ3v) is 3.87. The van der Waals surface area contributed by atoms with E-state index in [1.807, 2.05) is 35.8 Å². The maximum Gasteiger partial charge on any atom is 0.277 e. The minimum Gasteiger partial charge on any atom is -0.290 e. The fraction of sp³-hybridized carbons (Fsp3) is 0.125. The molecule has 0 amide bonds. The Morgan fingerprint density at radius 2 is 1.87 bits per heavy atom. The van der Waals surface area contributed by atoms with Crippen LogP contribution in [-0.4, -0.2) is 15.4 Å². The molecule has 0 aliphatic heterocycles. The molecule has 1 aromatic heterocycles. The Labute approximate surface area is 131 Å². The number of imidazole rings is 1. The Hall–Kier alpha value is -3.22. The molecule has 0 fully saturated rings. The summed E-state index contributed by atoms with van der Waals surface area (Å²) in [6.45, 7) is 1.96. The molecule has 0 aliphatic rings. The van der Waals surface area contributed by atoms with Crippen LogP contribution in [0.15, 0.2) is 48.5 Å². The van der Waals surface area contributed by atoms with Gasteiger partial charge in [0, 0.05) is 24.6 Å². The van der Waals surface area contributed by atoms with Crippen molar-refractivity contribution >= 4 is 22.5 Å². The number of carbonyl (C=O) groups is 1. The molecule has 3 rings (SSSR count). The third kappa shape index (κ3) is 2.52. The normalized spacial score (nSPS) is 10.8. The van der Waals surface area contributed by atoms with Crippen molar-refractivity contribution in [2.75, 3.05) is 5.84 Å². The average Bonchev–Trinajstić information content (AvgIpc) is 2.80. The van der Waals surface area contributed by atoms with Gasteiger partial charge in [-0.3, -0.25) is 20.8 Å². The number of carbonyl (C=O) groups excluding carboxylic acids is 1. The summed E-state index contributed by atoms with van der Waals surface area (Å²) in [4.78, 5) is 22.6. The van der Waals surface area contributed by atoms with Crippen LogP contribution in [0.5, 0.6) is 0 Å². The molecule has 3 aromatic rings. The van der Waals surface area contributed by atoms with E-state index < -0.39 is 4.92 Å². The summed E-state index contributed by atoms with van der Waals surface area (Å²) in [5, 5.41) is 10.7. The smallest absolute Gasteiger partial charge is 0.277 e. The first-order chi connectivity index (χ1) is 11.0. The number of nitro benzene ring substituents is 1. The van der Waals surface area contributed by atoms with E-state index in [0.29, 0.717) is 5.56 Å².